The van der Waals surface area contributed by atoms with Gasteiger partial charge in [-0.2, -0.15) is 0 Å². The molecule has 0 amide bonds. The van der Waals surface area contributed by atoms with Crippen LogP contribution in [0.1, 0.15) is 10.6 Å². The van der Waals surface area contributed by atoms with Gasteiger partial charge in [-0.25, -0.2) is 9.97 Å². The number of benzene rings is 3. The van der Waals surface area contributed by atoms with Gasteiger partial charge in [-0.15, -0.1) is 22.7 Å². The standard InChI is InChI=1S/C22H16N2S2/c1-13-3-5-15(6-4-13)16-7-9-17(10-8-16)22-24-19-11-18-20(12-21(19)26-22)25-14(2)23-18/h3-12H,1-2H3. The molecule has 2 aromatic heterocycles. The molecule has 0 aliphatic rings. The Balaban J connectivity index is 1.53. The van der Waals surface area contributed by atoms with Crippen molar-refractivity contribution in [3.8, 4) is 21.7 Å². The first-order chi connectivity index (χ1) is 12.7. The second-order valence-electron chi connectivity index (χ2n) is 6.48. The Morgan fingerprint density at radius 2 is 1.19 bits per heavy atom. The van der Waals surface area contributed by atoms with E-state index >= 15 is 0 Å². The van der Waals surface area contributed by atoms with Gasteiger partial charge in [0.25, 0.3) is 0 Å². The summed E-state index contributed by atoms with van der Waals surface area (Å²) in [6.07, 6.45) is 0. The summed E-state index contributed by atoms with van der Waals surface area (Å²) < 4.78 is 2.46. The van der Waals surface area contributed by atoms with Crippen LogP contribution >= 0.6 is 22.7 Å². The van der Waals surface area contributed by atoms with Crippen LogP contribution in [0.4, 0.5) is 0 Å². The second kappa shape index (κ2) is 6.01. The zero-order chi connectivity index (χ0) is 17.7. The van der Waals surface area contributed by atoms with Crippen LogP contribution in [0.2, 0.25) is 0 Å². The molecule has 0 radical (unpaired) electrons. The molecule has 0 saturated heterocycles. The van der Waals surface area contributed by atoms with E-state index in [1.165, 1.54) is 26.1 Å². The molecular weight excluding hydrogens is 356 g/mol. The first-order valence-electron chi connectivity index (χ1n) is 8.51. The van der Waals surface area contributed by atoms with Crippen molar-refractivity contribution in [2.45, 2.75) is 13.8 Å². The van der Waals surface area contributed by atoms with Gasteiger partial charge in [0.05, 0.1) is 25.4 Å². The summed E-state index contributed by atoms with van der Waals surface area (Å²) in [4.78, 5) is 9.42. The fraction of sp³-hybridized carbons (Fsp3) is 0.0909. The van der Waals surface area contributed by atoms with Gasteiger partial charge in [0.1, 0.15) is 5.01 Å². The Morgan fingerprint density at radius 3 is 1.92 bits per heavy atom. The Hall–Kier alpha value is -2.56. The number of hydrogen-bond donors (Lipinski definition) is 0. The molecule has 2 heterocycles. The number of thiazole rings is 2. The summed E-state index contributed by atoms with van der Waals surface area (Å²) in [6.45, 7) is 4.16. The summed E-state index contributed by atoms with van der Waals surface area (Å²) in [5.74, 6) is 0. The van der Waals surface area contributed by atoms with Gasteiger partial charge < -0.3 is 0 Å². The molecule has 26 heavy (non-hydrogen) atoms. The lowest BCUT2D eigenvalue weighted by atomic mass is 10.0. The maximum Gasteiger partial charge on any atom is 0.124 e. The fourth-order valence-electron chi connectivity index (χ4n) is 3.14. The van der Waals surface area contributed by atoms with E-state index in [0.29, 0.717) is 0 Å². The molecule has 0 saturated carbocycles. The highest BCUT2D eigenvalue weighted by atomic mass is 32.1. The minimum atomic E-state index is 1.03. The molecule has 0 N–H and O–H groups in total. The van der Waals surface area contributed by atoms with Gasteiger partial charge in [0.2, 0.25) is 0 Å². The minimum Gasteiger partial charge on any atom is -0.241 e. The third-order valence-electron chi connectivity index (χ3n) is 4.52. The van der Waals surface area contributed by atoms with Gasteiger partial charge in [-0.05, 0) is 37.1 Å². The lowest BCUT2D eigenvalue weighted by Crippen LogP contribution is -1.80. The molecule has 3 aromatic carbocycles. The first kappa shape index (κ1) is 15.7. The van der Waals surface area contributed by atoms with Gasteiger partial charge in [0, 0.05) is 5.56 Å². The maximum absolute atomic E-state index is 4.84. The van der Waals surface area contributed by atoms with Crippen molar-refractivity contribution in [3.63, 3.8) is 0 Å². The first-order valence-corrected chi connectivity index (χ1v) is 10.1. The molecular formula is C22H16N2S2. The van der Waals surface area contributed by atoms with Crippen LogP contribution < -0.4 is 0 Å². The monoisotopic (exact) mass is 372 g/mol. The van der Waals surface area contributed by atoms with Crippen LogP contribution in [0.25, 0.3) is 42.1 Å². The largest absolute Gasteiger partial charge is 0.241 e. The van der Waals surface area contributed by atoms with Crippen LogP contribution in [0.3, 0.4) is 0 Å². The minimum absolute atomic E-state index is 1.03. The van der Waals surface area contributed by atoms with E-state index < -0.39 is 0 Å². The van der Waals surface area contributed by atoms with Crippen molar-refractivity contribution in [2.24, 2.45) is 0 Å². The average molecular weight is 373 g/mol. The molecule has 0 spiro atoms. The van der Waals surface area contributed by atoms with Crippen LogP contribution in [-0.4, -0.2) is 9.97 Å². The summed E-state index contributed by atoms with van der Waals surface area (Å²) in [5.41, 5.74) is 7.00. The number of hydrogen-bond acceptors (Lipinski definition) is 4. The molecule has 5 rings (SSSR count). The van der Waals surface area contributed by atoms with Crippen LogP contribution in [0.5, 0.6) is 0 Å². The summed E-state index contributed by atoms with van der Waals surface area (Å²) >= 11 is 3.49. The van der Waals surface area contributed by atoms with E-state index in [2.05, 4.69) is 72.6 Å². The summed E-state index contributed by atoms with van der Waals surface area (Å²) in [6, 6.07) is 21.6. The van der Waals surface area contributed by atoms with Crippen molar-refractivity contribution in [2.75, 3.05) is 0 Å². The molecule has 0 fully saturated rings. The van der Waals surface area contributed by atoms with E-state index in [-0.39, 0.29) is 0 Å². The molecule has 4 heteroatoms. The number of aryl methyl sites for hydroxylation is 2. The lowest BCUT2D eigenvalue weighted by Gasteiger charge is -2.03. The van der Waals surface area contributed by atoms with E-state index in [1.807, 2.05) is 6.92 Å². The Bertz CT molecular complexity index is 1180. The van der Waals surface area contributed by atoms with Gasteiger partial charge in [0.15, 0.2) is 0 Å². The summed E-state index contributed by atoms with van der Waals surface area (Å²) in [7, 11) is 0. The zero-order valence-electron chi connectivity index (χ0n) is 14.5. The average Bonchev–Trinajstić information content (AvgIpc) is 3.21. The Labute approximate surface area is 159 Å². The van der Waals surface area contributed by atoms with E-state index in [0.717, 1.165) is 26.6 Å². The molecule has 5 aromatic rings. The zero-order valence-corrected chi connectivity index (χ0v) is 16.1. The van der Waals surface area contributed by atoms with Crippen molar-refractivity contribution >= 4 is 43.1 Å². The van der Waals surface area contributed by atoms with Crippen molar-refractivity contribution in [1.29, 1.82) is 0 Å². The smallest absolute Gasteiger partial charge is 0.124 e. The molecule has 0 atom stereocenters. The van der Waals surface area contributed by atoms with E-state index in [1.54, 1.807) is 22.7 Å². The van der Waals surface area contributed by atoms with Gasteiger partial charge in [-0.1, -0.05) is 54.1 Å². The highest BCUT2D eigenvalue weighted by Gasteiger charge is 2.10. The van der Waals surface area contributed by atoms with Crippen LogP contribution in [0.15, 0.2) is 60.7 Å². The molecule has 0 aliphatic heterocycles. The second-order valence-corrected chi connectivity index (χ2v) is 8.75. The third-order valence-corrected chi connectivity index (χ3v) is 6.52. The number of fused-ring (bicyclic) bond motifs is 2. The molecule has 126 valence electrons. The van der Waals surface area contributed by atoms with Crippen molar-refractivity contribution < 1.29 is 0 Å². The quantitative estimate of drug-likeness (QED) is 0.338. The number of nitrogens with zero attached hydrogens (tertiary/aromatic N) is 2. The van der Waals surface area contributed by atoms with Crippen molar-refractivity contribution in [3.05, 3.63) is 71.2 Å². The highest BCUT2D eigenvalue weighted by Crippen LogP contribution is 2.35. The van der Waals surface area contributed by atoms with Crippen LogP contribution in [0, 0.1) is 13.8 Å². The van der Waals surface area contributed by atoms with E-state index in [4.69, 9.17) is 4.98 Å². The number of aromatic nitrogens is 2. The third kappa shape index (κ3) is 2.71. The Morgan fingerprint density at radius 1 is 0.615 bits per heavy atom. The van der Waals surface area contributed by atoms with Gasteiger partial charge >= 0.3 is 0 Å². The van der Waals surface area contributed by atoms with Crippen LogP contribution in [-0.2, 0) is 0 Å². The van der Waals surface area contributed by atoms with Gasteiger partial charge in [-0.3, -0.25) is 0 Å². The molecule has 0 bridgehead atoms. The summed E-state index contributed by atoms with van der Waals surface area (Å²) in [5, 5.41) is 2.16. The predicted molar refractivity (Wildman–Crippen MR) is 113 cm³/mol. The normalized spacial score (nSPS) is 11.5. The topological polar surface area (TPSA) is 25.8 Å². The molecule has 0 aliphatic carbocycles. The maximum atomic E-state index is 4.84. The lowest BCUT2D eigenvalue weighted by molar-refractivity contribution is 1.35. The van der Waals surface area contributed by atoms with Crippen molar-refractivity contribution in [1.82, 2.24) is 9.97 Å². The predicted octanol–water partition coefficient (Wildman–Crippen LogP) is 6.86. The van der Waals surface area contributed by atoms with E-state index in [9.17, 15) is 0 Å². The number of rotatable bonds is 2. The fourth-order valence-corrected chi connectivity index (χ4v) is 5.05. The molecule has 0 unspecified atom stereocenters. The SMILES string of the molecule is Cc1ccc(-c2ccc(-c3nc4cc5nc(C)sc5cc4s3)cc2)cc1. The highest BCUT2D eigenvalue weighted by molar-refractivity contribution is 7.22. The molecule has 2 nitrogen and oxygen atoms in total. The Kier molecular flexibility index (Phi) is 3.62.